The van der Waals surface area contributed by atoms with Crippen LogP contribution in [-0.2, 0) is 21.3 Å². The van der Waals surface area contributed by atoms with E-state index < -0.39 is 16.6 Å². The number of nitrogens with one attached hydrogen (secondary N) is 2. The van der Waals surface area contributed by atoms with Crippen LogP contribution in [-0.4, -0.2) is 45.0 Å². The number of aromatic nitrogens is 1. The van der Waals surface area contributed by atoms with Gasteiger partial charge in [0.05, 0.1) is 27.7 Å². The van der Waals surface area contributed by atoms with E-state index in [0.29, 0.717) is 51.6 Å². The minimum absolute atomic E-state index is 0.0354. The van der Waals surface area contributed by atoms with Crippen molar-refractivity contribution in [2.75, 3.05) is 18.4 Å². The number of hydrogen-bond acceptors (Lipinski definition) is 4. The maximum atomic E-state index is 14.1. The summed E-state index contributed by atoms with van der Waals surface area (Å²) >= 11 is 0. The molecule has 5 rings (SSSR count). The van der Waals surface area contributed by atoms with Crippen molar-refractivity contribution in [1.82, 2.24) is 9.88 Å². The Morgan fingerprint density at radius 1 is 1.19 bits per heavy atom. The van der Waals surface area contributed by atoms with Crippen molar-refractivity contribution in [3.05, 3.63) is 81.9 Å². The van der Waals surface area contributed by atoms with Gasteiger partial charge in [-0.25, -0.2) is 4.39 Å². The third-order valence-electron chi connectivity index (χ3n) is 7.09. The lowest BCUT2D eigenvalue weighted by molar-refractivity contribution is -0.110. The Kier molecular flexibility index (Phi) is 6.83. The first kappa shape index (κ1) is 25.1. The number of fused-ring (bicyclic) bond motifs is 1. The third kappa shape index (κ3) is 4.89. The fraction of sp³-hybridized carbons (Fsp3) is 0.286. The Bertz CT molecular complexity index is 1450. The van der Waals surface area contributed by atoms with E-state index in [1.54, 1.807) is 42.5 Å². The van der Waals surface area contributed by atoms with Gasteiger partial charge < -0.3 is 20.9 Å². The number of likely N-dealkylation sites (tertiary alicyclic amines) is 1. The molecule has 0 spiro atoms. The molecule has 2 aromatic carbocycles. The highest BCUT2D eigenvalue weighted by molar-refractivity contribution is 7.84. The van der Waals surface area contributed by atoms with E-state index in [2.05, 4.69) is 10.3 Å². The van der Waals surface area contributed by atoms with E-state index in [1.807, 2.05) is 18.7 Å². The summed E-state index contributed by atoms with van der Waals surface area (Å²) in [5, 5.41) is 2.85. The highest BCUT2D eigenvalue weighted by Crippen LogP contribution is 2.36. The molecule has 0 radical (unpaired) electrons. The SMILES string of the molecule is Cc1[nH]c(C=C2C(=O)Nc3ccc(S(=O)Cc4ccccc4F)cc32)c(C)c1C(=O)N1CCC(N)CC1. The minimum atomic E-state index is -1.50. The van der Waals surface area contributed by atoms with Crippen LogP contribution >= 0.6 is 0 Å². The van der Waals surface area contributed by atoms with Crippen LogP contribution in [0.3, 0.4) is 0 Å². The number of anilines is 1. The van der Waals surface area contributed by atoms with Gasteiger partial charge in [0.1, 0.15) is 5.82 Å². The fourth-order valence-corrected chi connectivity index (χ4v) is 6.09. The van der Waals surface area contributed by atoms with Crippen molar-refractivity contribution < 1.29 is 18.2 Å². The first-order valence-electron chi connectivity index (χ1n) is 12.3. The molecule has 7 nitrogen and oxygen atoms in total. The number of nitrogens with zero attached hydrogens (tertiary/aromatic N) is 1. The molecule has 1 fully saturated rings. The first-order valence-corrected chi connectivity index (χ1v) is 13.6. The Labute approximate surface area is 217 Å². The first-order chi connectivity index (χ1) is 17.7. The van der Waals surface area contributed by atoms with E-state index in [0.717, 1.165) is 24.1 Å². The molecule has 1 aromatic heterocycles. The highest BCUT2D eigenvalue weighted by atomic mass is 32.2. The third-order valence-corrected chi connectivity index (χ3v) is 8.44. The number of aromatic amines is 1. The van der Waals surface area contributed by atoms with Gasteiger partial charge in [0.2, 0.25) is 0 Å². The zero-order chi connectivity index (χ0) is 26.3. The molecule has 1 atom stereocenters. The maximum absolute atomic E-state index is 14.1. The second-order valence-corrected chi connectivity index (χ2v) is 11.0. The van der Waals surface area contributed by atoms with Crippen molar-refractivity contribution in [2.45, 2.75) is 43.4 Å². The number of halogens is 1. The van der Waals surface area contributed by atoms with Crippen LogP contribution in [0, 0.1) is 19.7 Å². The van der Waals surface area contributed by atoms with Crippen molar-refractivity contribution in [2.24, 2.45) is 5.73 Å². The molecule has 37 heavy (non-hydrogen) atoms. The van der Waals surface area contributed by atoms with E-state index in [4.69, 9.17) is 5.73 Å². The number of hydrogen-bond donors (Lipinski definition) is 3. The number of carbonyl (C=O) groups is 2. The Balaban J connectivity index is 1.44. The van der Waals surface area contributed by atoms with Crippen LogP contribution in [0.15, 0.2) is 47.4 Å². The number of amides is 2. The number of piperidine rings is 1. The van der Waals surface area contributed by atoms with Gasteiger partial charge in [0.25, 0.3) is 11.8 Å². The average molecular weight is 521 g/mol. The maximum Gasteiger partial charge on any atom is 0.256 e. The molecule has 3 heterocycles. The summed E-state index contributed by atoms with van der Waals surface area (Å²) < 4.78 is 27.1. The quantitative estimate of drug-likeness (QED) is 0.440. The van der Waals surface area contributed by atoms with Crippen molar-refractivity contribution in [3.8, 4) is 0 Å². The lowest BCUT2D eigenvalue weighted by Gasteiger charge is -2.30. The number of rotatable bonds is 5. The number of nitrogens with two attached hydrogens (primary N) is 1. The Morgan fingerprint density at radius 2 is 1.92 bits per heavy atom. The molecule has 9 heteroatoms. The zero-order valence-corrected chi connectivity index (χ0v) is 21.6. The summed E-state index contributed by atoms with van der Waals surface area (Å²) in [6, 6.07) is 11.5. The van der Waals surface area contributed by atoms with Gasteiger partial charge >= 0.3 is 0 Å². The molecule has 0 bridgehead atoms. The second kappa shape index (κ2) is 10.1. The Hall–Kier alpha value is -3.56. The summed E-state index contributed by atoms with van der Waals surface area (Å²) in [6.45, 7) is 4.98. The summed E-state index contributed by atoms with van der Waals surface area (Å²) in [5.41, 5.74) is 10.8. The lowest BCUT2D eigenvalue weighted by atomic mass is 10.0. The second-order valence-electron chi connectivity index (χ2n) is 9.59. The van der Waals surface area contributed by atoms with Gasteiger partial charge in [-0.3, -0.25) is 13.8 Å². The molecular formula is C28H29FN4O3S. The zero-order valence-electron chi connectivity index (χ0n) is 20.8. The van der Waals surface area contributed by atoms with Gasteiger partial charge in [-0.15, -0.1) is 0 Å². The van der Waals surface area contributed by atoms with Crippen molar-refractivity contribution in [1.29, 1.82) is 0 Å². The topological polar surface area (TPSA) is 108 Å². The predicted octanol–water partition coefficient (Wildman–Crippen LogP) is 4.13. The summed E-state index contributed by atoms with van der Waals surface area (Å²) in [6.07, 6.45) is 3.29. The van der Waals surface area contributed by atoms with Crippen LogP contribution in [0.1, 0.15) is 51.3 Å². The molecule has 2 amide bonds. The fourth-order valence-electron chi connectivity index (χ4n) is 4.94. The van der Waals surface area contributed by atoms with E-state index >= 15 is 0 Å². The molecule has 0 aliphatic carbocycles. The van der Waals surface area contributed by atoms with Gasteiger partial charge in [-0.1, -0.05) is 18.2 Å². The summed E-state index contributed by atoms with van der Waals surface area (Å²) in [4.78, 5) is 31.7. The normalized spacial score (nSPS) is 17.7. The average Bonchev–Trinajstić information content (AvgIpc) is 3.34. The molecule has 1 saturated heterocycles. The predicted molar refractivity (Wildman–Crippen MR) is 143 cm³/mol. The standard InChI is InChI=1S/C28H29FN4O3S/c1-16-25(31-17(2)26(16)28(35)33-11-9-19(30)10-12-33)14-22-21-13-20(7-8-24(21)32-27(22)34)37(36)15-18-5-3-4-6-23(18)29/h3-8,13-14,19,31H,9-12,15,30H2,1-2H3,(H,32,34). The van der Waals surface area contributed by atoms with Crippen LogP contribution in [0.5, 0.6) is 0 Å². The van der Waals surface area contributed by atoms with E-state index in [-0.39, 0.29) is 23.6 Å². The van der Waals surface area contributed by atoms with Crippen LogP contribution in [0.25, 0.3) is 11.6 Å². The van der Waals surface area contributed by atoms with Crippen LogP contribution in [0.2, 0.25) is 0 Å². The molecule has 0 saturated carbocycles. The summed E-state index contributed by atoms with van der Waals surface area (Å²) in [5.74, 6) is -0.681. The molecule has 2 aliphatic rings. The highest BCUT2D eigenvalue weighted by Gasteiger charge is 2.29. The molecule has 2 aliphatic heterocycles. The molecule has 3 aromatic rings. The summed E-state index contributed by atoms with van der Waals surface area (Å²) in [7, 11) is -1.50. The molecule has 192 valence electrons. The lowest BCUT2D eigenvalue weighted by Crippen LogP contribution is -2.43. The van der Waals surface area contributed by atoms with Gasteiger partial charge in [0.15, 0.2) is 0 Å². The molecular weight excluding hydrogens is 491 g/mol. The van der Waals surface area contributed by atoms with Gasteiger partial charge in [0, 0.05) is 52.2 Å². The van der Waals surface area contributed by atoms with Crippen LogP contribution in [0.4, 0.5) is 10.1 Å². The van der Waals surface area contributed by atoms with Crippen molar-refractivity contribution >= 4 is 40.0 Å². The number of aryl methyl sites for hydroxylation is 1. The van der Waals surface area contributed by atoms with E-state index in [1.165, 1.54) is 6.07 Å². The monoisotopic (exact) mass is 520 g/mol. The minimum Gasteiger partial charge on any atom is -0.358 e. The number of H-pyrrole nitrogens is 1. The van der Waals surface area contributed by atoms with Gasteiger partial charge in [-0.05, 0) is 62.6 Å². The number of benzene rings is 2. The van der Waals surface area contributed by atoms with Crippen molar-refractivity contribution in [3.63, 3.8) is 0 Å². The van der Waals surface area contributed by atoms with E-state index in [9.17, 15) is 18.2 Å². The van der Waals surface area contributed by atoms with Gasteiger partial charge in [-0.2, -0.15) is 0 Å². The van der Waals surface area contributed by atoms with Crippen LogP contribution < -0.4 is 11.1 Å². The smallest absolute Gasteiger partial charge is 0.256 e. The largest absolute Gasteiger partial charge is 0.358 e. The Morgan fingerprint density at radius 3 is 2.65 bits per heavy atom. The molecule has 1 unspecified atom stereocenters. The molecule has 4 N–H and O–H groups in total. The number of carbonyl (C=O) groups excluding carboxylic acids is 2.